The van der Waals surface area contributed by atoms with Gasteiger partial charge in [0.25, 0.3) is 0 Å². The average molecular weight is 303 g/mol. The molecular formula is C13H16F3N3O2. The zero-order valence-corrected chi connectivity index (χ0v) is 11.4. The molecule has 0 N–H and O–H groups in total. The number of carbonyl (C=O) groups is 1. The second-order valence-corrected chi connectivity index (χ2v) is 4.93. The molecule has 0 spiro atoms. The molecule has 8 heteroatoms. The summed E-state index contributed by atoms with van der Waals surface area (Å²) in [5.41, 5.74) is 0. The first kappa shape index (κ1) is 15.5. The maximum atomic E-state index is 12.4. The van der Waals surface area contributed by atoms with E-state index in [2.05, 4.69) is 21.2 Å². The molecular weight excluding hydrogens is 287 g/mol. The van der Waals surface area contributed by atoms with E-state index >= 15 is 0 Å². The quantitative estimate of drug-likeness (QED) is 0.803. The van der Waals surface area contributed by atoms with Gasteiger partial charge in [-0.15, -0.1) is 16.8 Å². The molecule has 1 aliphatic heterocycles. The van der Waals surface area contributed by atoms with Crippen LogP contribution in [0.4, 0.5) is 13.2 Å². The zero-order chi connectivity index (χ0) is 15.5. The zero-order valence-electron chi connectivity index (χ0n) is 11.4. The SMILES string of the molecule is C=CCCC(=O)N1CCC(c2nnc(C(F)(F)F)o2)CC1. The number of piperidine rings is 1. The summed E-state index contributed by atoms with van der Waals surface area (Å²) in [5, 5.41) is 6.50. The first-order valence-corrected chi connectivity index (χ1v) is 6.71. The number of carbonyl (C=O) groups excluding carboxylic acids is 1. The molecule has 0 saturated carbocycles. The fourth-order valence-electron chi connectivity index (χ4n) is 2.27. The second kappa shape index (κ2) is 6.28. The molecule has 0 atom stereocenters. The predicted molar refractivity (Wildman–Crippen MR) is 67.3 cm³/mol. The molecule has 1 amide bonds. The molecule has 0 unspecified atom stereocenters. The van der Waals surface area contributed by atoms with Crippen LogP contribution in [0.15, 0.2) is 17.1 Å². The highest BCUT2D eigenvalue weighted by molar-refractivity contribution is 5.76. The van der Waals surface area contributed by atoms with Crippen molar-refractivity contribution in [3.8, 4) is 0 Å². The van der Waals surface area contributed by atoms with Gasteiger partial charge in [0.2, 0.25) is 11.8 Å². The van der Waals surface area contributed by atoms with Gasteiger partial charge >= 0.3 is 12.1 Å². The van der Waals surface area contributed by atoms with Gasteiger partial charge in [0.05, 0.1) is 0 Å². The number of alkyl halides is 3. The lowest BCUT2D eigenvalue weighted by Gasteiger charge is -2.30. The smallest absolute Gasteiger partial charge is 0.417 e. The van der Waals surface area contributed by atoms with Crippen molar-refractivity contribution in [1.82, 2.24) is 15.1 Å². The van der Waals surface area contributed by atoms with Gasteiger partial charge in [0, 0.05) is 25.4 Å². The van der Waals surface area contributed by atoms with E-state index in [0.717, 1.165) is 0 Å². The predicted octanol–water partition coefficient (Wildman–Crippen LogP) is 2.76. The second-order valence-electron chi connectivity index (χ2n) is 4.93. The summed E-state index contributed by atoms with van der Waals surface area (Å²) in [5.74, 6) is -1.51. The molecule has 5 nitrogen and oxygen atoms in total. The number of hydrogen-bond donors (Lipinski definition) is 0. The molecule has 2 rings (SSSR count). The molecule has 1 aromatic rings. The Labute approximate surface area is 119 Å². The van der Waals surface area contributed by atoms with Gasteiger partial charge in [-0.25, -0.2) is 0 Å². The highest BCUT2D eigenvalue weighted by atomic mass is 19.4. The van der Waals surface area contributed by atoms with Crippen LogP contribution in [0.25, 0.3) is 0 Å². The van der Waals surface area contributed by atoms with Crippen molar-refractivity contribution in [3.63, 3.8) is 0 Å². The highest BCUT2D eigenvalue weighted by Crippen LogP contribution is 2.32. The number of rotatable bonds is 4. The third kappa shape index (κ3) is 3.83. The standard InChI is InChI=1S/C13H16F3N3O2/c1-2-3-4-10(20)19-7-5-9(6-8-19)11-17-18-12(21-11)13(14,15)16/h2,9H,1,3-8H2. The Morgan fingerprint density at radius 2 is 2.05 bits per heavy atom. The molecule has 1 aliphatic rings. The molecule has 2 heterocycles. The molecule has 1 saturated heterocycles. The van der Waals surface area contributed by atoms with Crippen molar-refractivity contribution in [2.75, 3.05) is 13.1 Å². The molecule has 21 heavy (non-hydrogen) atoms. The summed E-state index contributed by atoms with van der Waals surface area (Å²) < 4.78 is 41.9. The van der Waals surface area contributed by atoms with Crippen molar-refractivity contribution in [1.29, 1.82) is 0 Å². The first-order valence-electron chi connectivity index (χ1n) is 6.71. The number of likely N-dealkylation sites (tertiary alicyclic amines) is 1. The van der Waals surface area contributed by atoms with E-state index in [1.807, 2.05) is 0 Å². The number of allylic oxidation sites excluding steroid dienone is 1. The first-order chi connectivity index (χ1) is 9.91. The number of amides is 1. The normalized spacial score (nSPS) is 17.0. The Bertz CT molecular complexity index is 505. The number of halogens is 3. The van der Waals surface area contributed by atoms with E-state index in [-0.39, 0.29) is 17.7 Å². The van der Waals surface area contributed by atoms with Gasteiger partial charge in [0.15, 0.2) is 0 Å². The van der Waals surface area contributed by atoms with Crippen LogP contribution in [0.2, 0.25) is 0 Å². The minimum atomic E-state index is -4.62. The summed E-state index contributed by atoms with van der Waals surface area (Å²) in [6, 6.07) is 0. The van der Waals surface area contributed by atoms with E-state index in [4.69, 9.17) is 0 Å². The van der Waals surface area contributed by atoms with Gasteiger partial charge in [-0.2, -0.15) is 13.2 Å². The van der Waals surface area contributed by atoms with Crippen LogP contribution >= 0.6 is 0 Å². The molecule has 0 bridgehead atoms. The minimum absolute atomic E-state index is 0.000477. The Hall–Kier alpha value is -1.86. The summed E-state index contributed by atoms with van der Waals surface area (Å²) in [4.78, 5) is 13.5. The fourth-order valence-corrected chi connectivity index (χ4v) is 2.27. The van der Waals surface area contributed by atoms with Crippen LogP contribution in [0.1, 0.15) is 43.4 Å². The molecule has 0 radical (unpaired) electrons. The van der Waals surface area contributed by atoms with Crippen molar-refractivity contribution in [3.05, 3.63) is 24.4 Å². The van der Waals surface area contributed by atoms with Gasteiger partial charge in [-0.1, -0.05) is 6.08 Å². The lowest BCUT2D eigenvalue weighted by Crippen LogP contribution is -2.37. The Morgan fingerprint density at radius 1 is 1.38 bits per heavy atom. The summed E-state index contributed by atoms with van der Waals surface area (Å²) >= 11 is 0. The summed E-state index contributed by atoms with van der Waals surface area (Å²) in [6.07, 6.45) is -0.850. The highest BCUT2D eigenvalue weighted by Gasteiger charge is 2.39. The average Bonchev–Trinajstić information content (AvgIpc) is 2.95. The number of hydrogen-bond acceptors (Lipinski definition) is 4. The van der Waals surface area contributed by atoms with Crippen LogP contribution in [0, 0.1) is 0 Å². The van der Waals surface area contributed by atoms with Crippen molar-refractivity contribution in [2.45, 2.75) is 37.8 Å². The monoisotopic (exact) mass is 303 g/mol. The molecule has 1 aromatic heterocycles. The van der Waals surface area contributed by atoms with E-state index < -0.39 is 12.1 Å². The van der Waals surface area contributed by atoms with Crippen molar-refractivity contribution >= 4 is 5.91 Å². The Morgan fingerprint density at radius 3 is 2.57 bits per heavy atom. The van der Waals surface area contributed by atoms with E-state index in [1.165, 1.54) is 0 Å². The summed E-state index contributed by atoms with van der Waals surface area (Å²) in [6.45, 7) is 4.54. The van der Waals surface area contributed by atoms with E-state index in [0.29, 0.717) is 38.8 Å². The van der Waals surface area contributed by atoms with Gasteiger partial charge in [0.1, 0.15) is 0 Å². The molecule has 1 fully saturated rings. The van der Waals surface area contributed by atoms with Crippen LogP contribution in [-0.2, 0) is 11.0 Å². The molecule has 0 aliphatic carbocycles. The third-order valence-corrected chi connectivity index (χ3v) is 3.44. The lowest BCUT2D eigenvalue weighted by atomic mass is 9.96. The topological polar surface area (TPSA) is 59.2 Å². The fraction of sp³-hybridized carbons (Fsp3) is 0.615. The van der Waals surface area contributed by atoms with Crippen LogP contribution in [0.3, 0.4) is 0 Å². The van der Waals surface area contributed by atoms with Gasteiger partial charge in [-0.3, -0.25) is 4.79 Å². The van der Waals surface area contributed by atoms with Crippen LogP contribution < -0.4 is 0 Å². The minimum Gasteiger partial charge on any atom is -0.417 e. The largest absolute Gasteiger partial charge is 0.470 e. The van der Waals surface area contributed by atoms with Gasteiger partial charge in [-0.05, 0) is 19.3 Å². The Kier molecular flexibility index (Phi) is 4.64. The van der Waals surface area contributed by atoms with Crippen LogP contribution in [-0.4, -0.2) is 34.1 Å². The van der Waals surface area contributed by atoms with Crippen molar-refractivity contribution in [2.24, 2.45) is 0 Å². The maximum Gasteiger partial charge on any atom is 0.470 e. The molecule has 0 aromatic carbocycles. The third-order valence-electron chi connectivity index (χ3n) is 3.44. The molecule has 116 valence electrons. The van der Waals surface area contributed by atoms with Crippen molar-refractivity contribution < 1.29 is 22.4 Å². The van der Waals surface area contributed by atoms with Gasteiger partial charge < -0.3 is 9.32 Å². The van der Waals surface area contributed by atoms with E-state index in [9.17, 15) is 18.0 Å². The van der Waals surface area contributed by atoms with Crippen LogP contribution in [0.5, 0.6) is 0 Å². The summed E-state index contributed by atoms with van der Waals surface area (Å²) in [7, 11) is 0. The Balaban J connectivity index is 1.90. The number of nitrogens with zero attached hydrogens (tertiary/aromatic N) is 3. The number of aromatic nitrogens is 2. The maximum absolute atomic E-state index is 12.4. The lowest BCUT2D eigenvalue weighted by molar-refractivity contribution is -0.157. The van der Waals surface area contributed by atoms with E-state index in [1.54, 1.807) is 11.0 Å².